The van der Waals surface area contributed by atoms with E-state index in [1.54, 1.807) is 12.1 Å². The Balaban J connectivity index is 0.00000264. The summed E-state index contributed by atoms with van der Waals surface area (Å²) in [6.45, 7) is 8.56. The minimum Gasteiger partial charge on any atom is -0.493 e. The Morgan fingerprint density at radius 2 is 1.90 bits per heavy atom. The molecule has 224 valence electrons. The molecular formula is C31H38FN5O4S. The second-order valence-electron chi connectivity index (χ2n) is 11.1. The van der Waals surface area contributed by atoms with E-state index >= 15 is 0 Å². The molecule has 1 amide bonds. The third kappa shape index (κ3) is 6.15. The van der Waals surface area contributed by atoms with E-state index in [9.17, 15) is 17.6 Å². The molecule has 0 spiro atoms. The molecule has 42 heavy (non-hydrogen) atoms. The smallest absolute Gasteiger partial charge is 0.281 e. The molecule has 0 radical (unpaired) electrons. The molecule has 3 atom stereocenters. The highest BCUT2D eigenvalue weighted by Crippen LogP contribution is 2.41. The molecule has 3 unspecified atom stereocenters. The number of hydrogen-bond donors (Lipinski definition) is 2. The standard InChI is InChI=1S/C31H34FN5O4S.2H2/c1-19(2)18-41-25-16-23(15-24(32)17-25)28-11-10-26(31(38)36-42(39,40)29-12-13-33-35-29)30(34-28)37-20(3)14-27(21(37)4)22-8-6-5-7-9-22;;/h5-13,15-17,19-21,27H,14,18H2,1-4H3,(H,33,35)(H,36,38);2*1H. The monoisotopic (exact) mass is 595 g/mol. The summed E-state index contributed by atoms with van der Waals surface area (Å²) >= 11 is 0. The van der Waals surface area contributed by atoms with Crippen LogP contribution in [-0.2, 0) is 10.0 Å². The number of aromatic amines is 1. The van der Waals surface area contributed by atoms with Gasteiger partial charge in [-0.3, -0.25) is 9.89 Å². The van der Waals surface area contributed by atoms with Crippen LogP contribution in [0.25, 0.3) is 11.3 Å². The normalized spacial score (nSPS) is 18.8. The van der Waals surface area contributed by atoms with Crippen molar-refractivity contribution in [2.24, 2.45) is 5.92 Å². The van der Waals surface area contributed by atoms with Gasteiger partial charge < -0.3 is 9.64 Å². The first-order valence-electron chi connectivity index (χ1n) is 13.9. The number of anilines is 1. The molecule has 0 bridgehead atoms. The van der Waals surface area contributed by atoms with Crippen LogP contribution in [0.2, 0.25) is 0 Å². The summed E-state index contributed by atoms with van der Waals surface area (Å²) in [5, 5.41) is 5.81. The Hall–Kier alpha value is -4.25. The topological polar surface area (TPSA) is 117 Å². The third-order valence-corrected chi connectivity index (χ3v) is 8.69. The number of carbonyl (C=O) groups excluding carboxylic acids is 1. The van der Waals surface area contributed by atoms with Crippen molar-refractivity contribution in [1.29, 1.82) is 0 Å². The summed E-state index contributed by atoms with van der Waals surface area (Å²) in [4.78, 5) is 20.5. The molecule has 1 aliphatic rings. The lowest BCUT2D eigenvalue weighted by atomic mass is 9.92. The Kier molecular flexibility index (Phi) is 8.31. The number of rotatable bonds is 9. The molecule has 0 aliphatic carbocycles. The minimum atomic E-state index is -4.20. The summed E-state index contributed by atoms with van der Waals surface area (Å²) in [7, 11) is -4.20. The number of ether oxygens (including phenoxy) is 1. The van der Waals surface area contributed by atoms with E-state index in [4.69, 9.17) is 9.72 Å². The van der Waals surface area contributed by atoms with Gasteiger partial charge in [-0.05, 0) is 62.1 Å². The predicted molar refractivity (Wildman–Crippen MR) is 163 cm³/mol. The fourth-order valence-electron chi connectivity index (χ4n) is 5.45. The predicted octanol–water partition coefficient (Wildman–Crippen LogP) is 6.03. The van der Waals surface area contributed by atoms with Crippen molar-refractivity contribution in [3.05, 3.63) is 89.9 Å². The molecule has 11 heteroatoms. The first-order valence-corrected chi connectivity index (χ1v) is 15.4. The largest absolute Gasteiger partial charge is 0.493 e. The average Bonchev–Trinajstić information content (AvgIpc) is 3.60. The Bertz CT molecular complexity index is 1670. The molecule has 5 rings (SSSR count). The van der Waals surface area contributed by atoms with Gasteiger partial charge in [-0.2, -0.15) is 13.5 Å². The third-order valence-electron chi connectivity index (χ3n) is 7.43. The molecule has 9 nitrogen and oxygen atoms in total. The van der Waals surface area contributed by atoms with E-state index in [-0.39, 0.29) is 37.4 Å². The molecule has 2 aromatic carbocycles. The lowest BCUT2D eigenvalue weighted by Gasteiger charge is -2.31. The molecule has 2 aromatic heterocycles. The van der Waals surface area contributed by atoms with Gasteiger partial charge in [0, 0.05) is 32.5 Å². The number of nitrogens with one attached hydrogen (secondary N) is 2. The lowest BCUT2D eigenvalue weighted by Crippen LogP contribution is -2.38. The number of aromatic nitrogens is 3. The number of carbonyl (C=O) groups is 1. The second kappa shape index (κ2) is 11.9. The van der Waals surface area contributed by atoms with Crippen molar-refractivity contribution in [3.8, 4) is 17.0 Å². The zero-order chi connectivity index (χ0) is 30.0. The minimum absolute atomic E-state index is 0. The first-order chi connectivity index (χ1) is 20.0. The van der Waals surface area contributed by atoms with Gasteiger partial charge in [0.2, 0.25) is 0 Å². The van der Waals surface area contributed by atoms with E-state index in [1.165, 1.54) is 36.0 Å². The van der Waals surface area contributed by atoms with Crippen molar-refractivity contribution >= 4 is 21.7 Å². The van der Waals surface area contributed by atoms with Crippen LogP contribution in [0.3, 0.4) is 0 Å². The number of pyridine rings is 1. The SMILES string of the molecule is CC(C)COc1cc(F)cc(-c2ccc(C(=O)NS(=O)(=O)c3ccn[nH]3)c(N3C(C)CC(c4ccccc4)C3C)n2)c1.[HH].[HH]. The molecule has 1 aliphatic heterocycles. The highest BCUT2D eigenvalue weighted by molar-refractivity contribution is 7.90. The zero-order valence-corrected chi connectivity index (χ0v) is 24.7. The molecule has 0 saturated carbocycles. The van der Waals surface area contributed by atoms with Gasteiger partial charge in [-0.15, -0.1) is 0 Å². The number of halogens is 1. The summed E-state index contributed by atoms with van der Waals surface area (Å²) in [6, 6.07) is 18.8. The number of sulfonamides is 1. The van der Waals surface area contributed by atoms with Crippen molar-refractivity contribution in [2.75, 3.05) is 11.5 Å². The van der Waals surface area contributed by atoms with Crippen molar-refractivity contribution in [1.82, 2.24) is 19.9 Å². The van der Waals surface area contributed by atoms with E-state index in [0.717, 1.165) is 6.42 Å². The quantitative estimate of drug-likeness (QED) is 0.243. The summed E-state index contributed by atoms with van der Waals surface area (Å²) in [6.07, 6.45) is 2.09. The Morgan fingerprint density at radius 3 is 2.60 bits per heavy atom. The highest BCUT2D eigenvalue weighted by Gasteiger charge is 2.39. The number of nitrogens with zero attached hydrogens (tertiary/aromatic N) is 3. The highest BCUT2D eigenvalue weighted by atomic mass is 32.2. The summed E-state index contributed by atoms with van der Waals surface area (Å²) in [5.41, 5.74) is 2.16. The van der Waals surface area contributed by atoms with Crippen molar-refractivity contribution in [3.63, 3.8) is 0 Å². The van der Waals surface area contributed by atoms with E-state index in [0.29, 0.717) is 29.4 Å². The van der Waals surface area contributed by atoms with Gasteiger partial charge >= 0.3 is 0 Å². The summed E-state index contributed by atoms with van der Waals surface area (Å²) < 4.78 is 48.3. The van der Waals surface area contributed by atoms with E-state index < -0.39 is 21.7 Å². The second-order valence-corrected chi connectivity index (χ2v) is 12.7. The zero-order valence-electron chi connectivity index (χ0n) is 23.9. The summed E-state index contributed by atoms with van der Waals surface area (Å²) in [5.74, 6) is -0.205. The van der Waals surface area contributed by atoms with E-state index in [1.807, 2.05) is 36.9 Å². The van der Waals surface area contributed by atoms with Gasteiger partial charge in [0.1, 0.15) is 17.4 Å². The first kappa shape index (κ1) is 29.2. The van der Waals surface area contributed by atoms with E-state index in [2.05, 4.69) is 40.9 Å². The van der Waals surface area contributed by atoms with Crippen LogP contribution in [0.4, 0.5) is 10.2 Å². The lowest BCUT2D eigenvalue weighted by molar-refractivity contribution is 0.0981. The van der Waals surface area contributed by atoms with Crippen LogP contribution in [-0.4, -0.2) is 48.2 Å². The van der Waals surface area contributed by atoms with Crippen LogP contribution >= 0.6 is 0 Å². The maximum Gasteiger partial charge on any atom is 0.281 e. The van der Waals surface area contributed by atoms with Crippen LogP contribution in [0, 0.1) is 11.7 Å². The van der Waals surface area contributed by atoms with Gasteiger partial charge in [0.15, 0.2) is 5.03 Å². The van der Waals surface area contributed by atoms with Crippen LogP contribution in [0.1, 0.15) is 58.8 Å². The van der Waals surface area contributed by atoms with Gasteiger partial charge in [0.25, 0.3) is 15.9 Å². The molecule has 1 saturated heterocycles. The maximum atomic E-state index is 14.7. The van der Waals surface area contributed by atoms with Crippen LogP contribution in [0.5, 0.6) is 5.75 Å². The van der Waals surface area contributed by atoms with Gasteiger partial charge in [-0.25, -0.2) is 14.1 Å². The van der Waals surface area contributed by atoms with Crippen LogP contribution < -0.4 is 14.4 Å². The molecule has 4 aromatic rings. The van der Waals surface area contributed by atoms with Crippen molar-refractivity contribution < 1.29 is 25.2 Å². The van der Waals surface area contributed by atoms with Crippen molar-refractivity contribution in [2.45, 2.75) is 57.1 Å². The maximum absolute atomic E-state index is 14.7. The fourth-order valence-corrected chi connectivity index (χ4v) is 6.33. The molecular weight excluding hydrogens is 557 g/mol. The van der Waals surface area contributed by atoms with Gasteiger partial charge in [-0.1, -0.05) is 44.2 Å². The number of H-pyrrole nitrogens is 1. The Morgan fingerprint density at radius 1 is 1.14 bits per heavy atom. The number of hydrogen-bond acceptors (Lipinski definition) is 7. The molecule has 3 heterocycles. The fraction of sp³-hybridized carbons (Fsp3) is 0.323. The van der Waals surface area contributed by atoms with Gasteiger partial charge in [0.05, 0.1) is 24.1 Å². The average molecular weight is 596 g/mol. The number of benzene rings is 2. The number of amides is 1. The molecule has 1 fully saturated rings. The Labute approximate surface area is 248 Å². The molecule has 2 N–H and O–H groups in total. The van der Waals surface area contributed by atoms with Crippen LogP contribution in [0.15, 0.2) is 78.0 Å².